The second-order valence-electron chi connectivity index (χ2n) is 6.90. The summed E-state index contributed by atoms with van der Waals surface area (Å²) in [7, 11) is 3.85. The first-order chi connectivity index (χ1) is 12.0. The quantitative estimate of drug-likeness (QED) is 0.818. The van der Waals surface area contributed by atoms with Crippen molar-refractivity contribution in [1.29, 1.82) is 0 Å². The van der Waals surface area contributed by atoms with Crippen molar-refractivity contribution in [2.75, 3.05) is 38.6 Å². The van der Waals surface area contributed by atoms with Gasteiger partial charge in [0.2, 0.25) is 11.8 Å². The first kappa shape index (κ1) is 17.5. The molecule has 0 saturated carbocycles. The van der Waals surface area contributed by atoms with Crippen LogP contribution in [0.2, 0.25) is 0 Å². The van der Waals surface area contributed by atoms with Crippen molar-refractivity contribution in [2.45, 2.75) is 38.3 Å². The number of rotatable bonds is 4. The second kappa shape index (κ2) is 7.29. The smallest absolute Gasteiger partial charge is 0.245 e. The van der Waals surface area contributed by atoms with Gasteiger partial charge in [-0.25, -0.2) is 4.98 Å². The van der Waals surface area contributed by atoms with E-state index in [0.717, 1.165) is 30.8 Å². The molecule has 0 spiro atoms. The number of likely N-dealkylation sites (tertiary alicyclic amines) is 2. The molecule has 0 aromatic carbocycles. The van der Waals surface area contributed by atoms with E-state index in [1.165, 1.54) is 6.92 Å². The van der Waals surface area contributed by atoms with Crippen LogP contribution in [0.4, 0.5) is 5.82 Å². The number of aromatic nitrogens is 1. The van der Waals surface area contributed by atoms with Crippen LogP contribution < -0.4 is 9.64 Å². The molecule has 0 aliphatic carbocycles. The molecule has 0 N–H and O–H groups in total. The van der Waals surface area contributed by atoms with Crippen LogP contribution in [-0.2, 0) is 9.59 Å². The fourth-order valence-corrected chi connectivity index (χ4v) is 3.63. The van der Waals surface area contributed by atoms with E-state index < -0.39 is 0 Å². The summed E-state index contributed by atoms with van der Waals surface area (Å²) in [5.41, 5.74) is 0. The van der Waals surface area contributed by atoms with Crippen LogP contribution in [-0.4, -0.2) is 72.5 Å². The van der Waals surface area contributed by atoms with E-state index in [1.54, 1.807) is 11.1 Å². The Bertz CT molecular complexity index is 649. The molecule has 0 radical (unpaired) electrons. The largest absolute Gasteiger partial charge is 0.485 e. The summed E-state index contributed by atoms with van der Waals surface area (Å²) in [6, 6.07) is 3.46. The fourth-order valence-electron chi connectivity index (χ4n) is 3.63. The van der Waals surface area contributed by atoms with Crippen molar-refractivity contribution in [3.63, 3.8) is 0 Å². The molecule has 0 unspecified atom stereocenters. The van der Waals surface area contributed by atoms with Gasteiger partial charge in [-0.2, -0.15) is 0 Å². The number of anilines is 1. The molecular formula is C18H26N4O3. The summed E-state index contributed by atoms with van der Waals surface area (Å²) >= 11 is 0. The number of carbonyl (C=O) groups excluding carboxylic acids is 2. The van der Waals surface area contributed by atoms with Crippen molar-refractivity contribution in [1.82, 2.24) is 14.8 Å². The van der Waals surface area contributed by atoms with Gasteiger partial charge in [-0.1, -0.05) is 0 Å². The molecule has 7 heteroatoms. The summed E-state index contributed by atoms with van der Waals surface area (Å²) in [6.07, 6.45) is 4.14. The number of pyridine rings is 1. The van der Waals surface area contributed by atoms with Gasteiger partial charge in [-0.05, 0) is 25.0 Å². The zero-order chi connectivity index (χ0) is 18.0. The van der Waals surface area contributed by atoms with Crippen molar-refractivity contribution < 1.29 is 14.3 Å². The third-order valence-electron chi connectivity index (χ3n) is 4.87. The molecule has 0 bridgehead atoms. The summed E-state index contributed by atoms with van der Waals surface area (Å²) in [4.78, 5) is 34.3. The van der Waals surface area contributed by atoms with Crippen molar-refractivity contribution in [2.24, 2.45) is 0 Å². The zero-order valence-corrected chi connectivity index (χ0v) is 15.1. The third kappa shape index (κ3) is 3.70. The summed E-state index contributed by atoms with van der Waals surface area (Å²) < 4.78 is 6.11. The molecule has 2 aliphatic heterocycles. The normalized spacial score (nSPS) is 23.0. The Balaban J connectivity index is 1.62. The maximum absolute atomic E-state index is 12.8. The molecule has 2 saturated heterocycles. The van der Waals surface area contributed by atoms with E-state index in [4.69, 9.17) is 4.74 Å². The maximum atomic E-state index is 12.8. The lowest BCUT2D eigenvalue weighted by Gasteiger charge is -2.27. The molecule has 3 rings (SSSR count). The number of hydrogen-bond donors (Lipinski definition) is 0. The van der Waals surface area contributed by atoms with Gasteiger partial charge in [0.15, 0.2) is 11.6 Å². The van der Waals surface area contributed by atoms with Crippen molar-refractivity contribution in [3.05, 3.63) is 18.3 Å². The Morgan fingerprint density at radius 3 is 2.80 bits per heavy atom. The van der Waals surface area contributed by atoms with E-state index in [1.807, 2.05) is 36.0 Å². The van der Waals surface area contributed by atoms with Crippen LogP contribution in [0.3, 0.4) is 0 Å². The Morgan fingerprint density at radius 2 is 2.08 bits per heavy atom. The molecular weight excluding hydrogens is 320 g/mol. The standard InChI is InChI=1S/C18H26N4O3/c1-13(23)22-10-5-6-15(22)18(24)21-11-8-14(12-21)25-16-7-4-9-19-17(16)20(2)3/h4,7,9,14-15H,5-6,8,10-12H2,1-3H3/t14-,15+/m0/s1. The summed E-state index contributed by atoms with van der Waals surface area (Å²) in [5.74, 6) is 1.55. The zero-order valence-electron chi connectivity index (χ0n) is 15.1. The van der Waals surface area contributed by atoms with E-state index in [2.05, 4.69) is 4.98 Å². The Hall–Kier alpha value is -2.31. The van der Waals surface area contributed by atoms with E-state index >= 15 is 0 Å². The lowest BCUT2D eigenvalue weighted by molar-refractivity contribution is -0.142. The van der Waals surface area contributed by atoms with Crippen LogP contribution in [0.25, 0.3) is 0 Å². The van der Waals surface area contributed by atoms with Crippen LogP contribution >= 0.6 is 0 Å². The van der Waals surface area contributed by atoms with Crippen molar-refractivity contribution >= 4 is 17.6 Å². The lowest BCUT2D eigenvalue weighted by Crippen LogP contribution is -2.46. The van der Waals surface area contributed by atoms with Crippen molar-refractivity contribution in [3.8, 4) is 5.75 Å². The first-order valence-corrected chi connectivity index (χ1v) is 8.82. The SMILES string of the molecule is CC(=O)N1CCC[C@@H]1C(=O)N1CC[C@H](Oc2cccnc2N(C)C)C1. The van der Waals surface area contributed by atoms with Crippen LogP contribution in [0.5, 0.6) is 5.75 Å². The van der Waals surface area contributed by atoms with Gasteiger partial charge in [0, 0.05) is 46.7 Å². The minimum absolute atomic E-state index is 0.0196. The van der Waals surface area contributed by atoms with Gasteiger partial charge in [0.05, 0.1) is 6.54 Å². The summed E-state index contributed by atoms with van der Waals surface area (Å²) in [6.45, 7) is 3.44. The highest BCUT2D eigenvalue weighted by atomic mass is 16.5. The average Bonchev–Trinajstić information content (AvgIpc) is 3.24. The molecule has 7 nitrogen and oxygen atoms in total. The predicted octanol–water partition coefficient (Wildman–Crippen LogP) is 1.14. The van der Waals surface area contributed by atoms with E-state index in [0.29, 0.717) is 19.6 Å². The molecule has 136 valence electrons. The third-order valence-corrected chi connectivity index (χ3v) is 4.87. The highest BCUT2D eigenvalue weighted by Crippen LogP contribution is 2.28. The minimum atomic E-state index is -0.299. The van der Waals surface area contributed by atoms with Crippen LogP contribution in [0.15, 0.2) is 18.3 Å². The Morgan fingerprint density at radius 1 is 1.28 bits per heavy atom. The number of carbonyl (C=O) groups is 2. The Labute approximate surface area is 148 Å². The highest BCUT2D eigenvalue weighted by molar-refractivity contribution is 5.87. The molecule has 2 aliphatic rings. The van der Waals surface area contributed by atoms with Gasteiger partial charge in [0.25, 0.3) is 0 Å². The van der Waals surface area contributed by atoms with E-state index in [-0.39, 0.29) is 24.0 Å². The molecule has 1 aromatic heterocycles. The van der Waals surface area contributed by atoms with Crippen LogP contribution in [0, 0.1) is 0 Å². The predicted molar refractivity (Wildman–Crippen MR) is 94.6 cm³/mol. The van der Waals surface area contributed by atoms with Crippen LogP contribution in [0.1, 0.15) is 26.2 Å². The fraction of sp³-hybridized carbons (Fsp3) is 0.611. The second-order valence-corrected chi connectivity index (χ2v) is 6.90. The molecule has 3 heterocycles. The molecule has 2 fully saturated rings. The summed E-state index contributed by atoms with van der Waals surface area (Å²) in [5, 5.41) is 0. The molecule has 2 atom stereocenters. The van der Waals surface area contributed by atoms with E-state index in [9.17, 15) is 9.59 Å². The van der Waals surface area contributed by atoms with Gasteiger partial charge >= 0.3 is 0 Å². The topological polar surface area (TPSA) is 66.0 Å². The molecule has 1 aromatic rings. The minimum Gasteiger partial charge on any atom is -0.485 e. The Kier molecular flexibility index (Phi) is 5.11. The molecule has 2 amide bonds. The molecule has 25 heavy (non-hydrogen) atoms. The number of ether oxygens (including phenoxy) is 1. The van der Waals surface area contributed by atoms with Gasteiger partial charge < -0.3 is 19.4 Å². The van der Waals surface area contributed by atoms with Gasteiger partial charge in [-0.15, -0.1) is 0 Å². The lowest BCUT2D eigenvalue weighted by atomic mass is 10.2. The van der Waals surface area contributed by atoms with Gasteiger partial charge in [0.1, 0.15) is 12.1 Å². The average molecular weight is 346 g/mol. The monoisotopic (exact) mass is 346 g/mol. The number of amides is 2. The maximum Gasteiger partial charge on any atom is 0.245 e. The number of hydrogen-bond acceptors (Lipinski definition) is 5. The number of nitrogens with zero attached hydrogens (tertiary/aromatic N) is 4. The van der Waals surface area contributed by atoms with Gasteiger partial charge in [-0.3, -0.25) is 9.59 Å². The first-order valence-electron chi connectivity index (χ1n) is 8.82. The highest BCUT2D eigenvalue weighted by Gasteiger charge is 2.38.